The zero-order chi connectivity index (χ0) is 20.2. The number of ether oxygens (including phenoxy) is 3. The van der Waals surface area contributed by atoms with Crippen LogP contribution < -0.4 is 4.74 Å². The lowest BCUT2D eigenvalue weighted by Gasteiger charge is -2.18. The predicted molar refractivity (Wildman–Crippen MR) is 106 cm³/mol. The highest BCUT2D eigenvalue weighted by molar-refractivity contribution is 5.90. The van der Waals surface area contributed by atoms with Crippen LogP contribution in [0.25, 0.3) is 16.8 Å². The third kappa shape index (κ3) is 7.13. The molecule has 0 bridgehead atoms. The standard InChI is InChI=1S/C22H26O5/c1-21(2,3)26-19(23)12-8-15-7-9-17-14-18(11-10-16(17)13-15)25-20(24)27-22(4,5)6/h7-14H,1-6H3/b12-8-. The lowest BCUT2D eigenvalue weighted by atomic mass is 10.1. The van der Waals surface area contributed by atoms with E-state index >= 15 is 0 Å². The Hall–Kier alpha value is -2.82. The van der Waals surface area contributed by atoms with Gasteiger partial charge in [0.2, 0.25) is 0 Å². The monoisotopic (exact) mass is 370 g/mol. The van der Waals surface area contributed by atoms with Crippen LogP contribution in [0, 0.1) is 0 Å². The van der Waals surface area contributed by atoms with Crippen LogP contribution in [0.1, 0.15) is 47.1 Å². The van der Waals surface area contributed by atoms with Gasteiger partial charge < -0.3 is 14.2 Å². The first-order valence-electron chi connectivity index (χ1n) is 8.77. The minimum absolute atomic E-state index is 0.385. The van der Waals surface area contributed by atoms with Gasteiger partial charge in [0.05, 0.1) is 0 Å². The zero-order valence-corrected chi connectivity index (χ0v) is 16.7. The van der Waals surface area contributed by atoms with Crippen molar-refractivity contribution in [3.05, 3.63) is 48.0 Å². The second kappa shape index (κ2) is 7.82. The van der Waals surface area contributed by atoms with Crippen LogP contribution >= 0.6 is 0 Å². The molecule has 0 fully saturated rings. The molecule has 0 aliphatic heterocycles. The first kappa shape index (κ1) is 20.5. The van der Waals surface area contributed by atoms with Crippen LogP contribution in [0.15, 0.2) is 42.5 Å². The summed E-state index contributed by atoms with van der Waals surface area (Å²) < 4.78 is 15.6. The molecule has 0 N–H and O–H groups in total. The molecule has 0 radical (unpaired) electrons. The Kier molecular flexibility index (Phi) is 5.94. The van der Waals surface area contributed by atoms with Gasteiger partial charge in [0.15, 0.2) is 0 Å². The molecule has 144 valence electrons. The summed E-state index contributed by atoms with van der Waals surface area (Å²) in [6, 6.07) is 11.0. The van der Waals surface area contributed by atoms with Crippen LogP contribution in [0.2, 0.25) is 0 Å². The first-order valence-corrected chi connectivity index (χ1v) is 8.77. The molecule has 0 saturated heterocycles. The molecule has 5 nitrogen and oxygen atoms in total. The fourth-order valence-electron chi connectivity index (χ4n) is 2.28. The maximum absolute atomic E-state index is 11.8. The van der Waals surface area contributed by atoms with Crippen molar-refractivity contribution in [3.8, 4) is 5.75 Å². The Labute approximate surface area is 159 Å². The fraction of sp³-hybridized carbons (Fsp3) is 0.364. The molecule has 2 aromatic carbocycles. The van der Waals surface area contributed by atoms with E-state index in [9.17, 15) is 9.59 Å². The normalized spacial score (nSPS) is 12.2. The summed E-state index contributed by atoms with van der Waals surface area (Å²) >= 11 is 0. The lowest BCUT2D eigenvalue weighted by Crippen LogP contribution is -2.25. The van der Waals surface area contributed by atoms with Gasteiger partial charge >= 0.3 is 12.1 Å². The summed E-state index contributed by atoms with van der Waals surface area (Å²) in [5, 5.41) is 1.86. The Bertz CT molecular complexity index is 866. The smallest absolute Gasteiger partial charge is 0.457 e. The minimum atomic E-state index is -0.737. The minimum Gasteiger partial charge on any atom is -0.457 e. The maximum Gasteiger partial charge on any atom is 0.514 e. The summed E-state index contributed by atoms with van der Waals surface area (Å²) in [6.45, 7) is 10.8. The van der Waals surface area contributed by atoms with Crippen molar-refractivity contribution < 1.29 is 23.8 Å². The molecule has 27 heavy (non-hydrogen) atoms. The summed E-state index contributed by atoms with van der Waals surface area (Å²) in [7, 11) is 0. The number of carbonyl (C=O) groups excluding carboxylic acids is 2. The highest BCUT2D eigenvalue weighted by atomic mass is 16.7. The fourth-order valence-corrected chi connectivity index (χ4v) is 2.28. The van der Waals surface area contributed by atoms with Crippen LogP contribution in [-0.2, 0) is 14.3 Å². The van der Waals surface area contributed by atoms with Gasteiger partial charge in [-0.05, 0) is 82.2 Å². The Morgan fingerprint density at radius 3 is 2.04 bits per heavy atom. The third-order valence-electron chi connectivity index (χ3n) is 3.25. The van der Waals surface area contributed by atoms with Gasteiger partial charge in [0.1, 0.15) is 17.0 Å². The highest BCUT2D eigenvalue weighted by Gasteiger charge is 2.18. The number of carbonyl (C=O) groups is 2. The van der Waals surface area contributed by atoms with Crippen LogP contribution in [-0.4, -0.2) is 23.3 Å². The van der Waals surface area contributed by atoms with E-state index in [1.807, 2.05) is 45.0 Å². The van der Waals surface area contributed by atoms with Gasteiger partial charge in [-0.1, -0.05) is 18.2 Å². The van der Waals surface area contributed by atoms with E-state index in [4.69, 9.17) is 14.2 Å². The van der Waals surface area contributed by atoms with Crippen molar-refractivity contribution in [1.29, 1.82) is 0 Å². The molecule has 0 aliphatic carbocycles. The molecular formula is C22H26O5. The molecule has 0 aromatic heterocycles. The molecule has 0 saturated carbocycles. The quantitative estimate of drug-likeness (QED) is 0.405. The maximum atomic E-state index is 11.8. The summed E-state index contributed by atoms with van der Waals surface area (Å²) in [5.41, 5.74) is -0.257. The third-order valence-corrected chi connectivity index (χ3v) is 3.25. The summed E-state index contributed by atoms with van der Waals surface area (Å²) in [6.07, 6.45) is 2.38. The van der Waals surface area contributed by atoms with E-state index in [2.05, 4.69) is 0 Å². The number of esters is 1. The van der Waals surface area contributed by atoms with Gasteiger partial charge in [-0.3, -0.25) is 0 Å². The second-order valence-electron chi connectivity index (χ2n) is 8.20. The van der Waals surface area contributed by atoms with Crippen molar-refractivity contribution in [2.75, 3.05) is 0 Å². The van der Waals surface area contributed by atoms with E-state index in [0.29, 0.717) is 5.75 Å². The summed E-state index contributed by atoms with van der Waals surface area (Å²) in [4.78, 5) is 23.5. The molecule has 0 amide bonds. The van der Waals surface area contributed by atoms with Gasteiger partial charge in [-0.2, -0.15) is 0 Å². The molecule has 0 heterocycles. The van der Waals surface area contributed by atoms with Gasteiger partial charge in [-0.15, -0.1) is 0 Å². The molecule has 2 aromatic rings. The molecule has 2 rings (SSSR count). The average molecular weight is 370 g/mol. The number of benzene rings is 2. The number of hydrogen-bond acceptors (Lipinski definition) is 5. The zero-order valence-electron chi connectivity index (χ0n) is 16.7. The van der Waals surface area contributed by atoms with Crippen molar-refractivity contribution in [1.82, 2.24) is 0 Å². The van der Waals surface area contributed by atoms with Gasteiger partial charge in [0.25, 0.3) is 0 Å². The van der Waals surface area contributed by atoms with Crippen LogP contribution in [0.4, 0.5) is 4.79 Å². The largest absolute Gasteiger partial charge is 0.514 e. The molecule has 5 heteroatoms. The Morgan fingerprint density at radius 2 is 1.41 bits per heavy atom. The second-order valence-corrected chi connectivity index (χ2v) is 8.20. The van der Waals surface area contributed by atoms with Crippen molar-refractivity contribution in [3.63, 3.8) is 0 Å². The van der Waals surface area contributed by atoms with E-state index in [-0.39, 0.29) is 5.97 Å². The summed E-state index contributed by atoms with van der Waals surface area (Å²) in [5.74, 6) is 0.0255. The SMILES string of the molecule is CC(C)(C)OC(=O)/C=C\c1ccc2cc(OC(=O)OC(C)(C)C)ccc2c1. The first-order chi connectivity index (χ1) is 12.4. The predicted octanol–water partition coefficient (Wildman–Crippen LogP) is 5.51. The van der Waals surface area contributed by atoms with Crippen molar-refractivity contribution in [2.45, 2.75) is 52.7 Å². The number of rotatable bonds is 3. The van der Waals surface area contributed by atoms with E-state index in [0.717, 1.165) is 16.3 Å². The van der Waals surface area contributed by atoms with Crippen molar-refractivity contribution in [2.24, 2.45) is 0 Å². The van der Waals surface area contributed by atoms with Crippen LogP contribution in [0.3, 0.4) is 0 Å². The Morgan fingerprint density at radius 1 is 0.815 bits per heavy atom. The van der Waals surface area contributed by atoms with Crippen LogP contribution in [0.5, 0.6) is 5.75 Å². The molecular weight excluding hydrogens is 344 g/mol. The average Bonchev–Trinajstić information content (AvgIpc) is 2.49. The van der Waals surface area contributed by atoms with Gasteiger partial charge in [0, 0.05) is 6.08 Å². The van der Waals surface area contributed by atoms with E-state index in [1.54, 1.807) is 39.0 Å². The lowest BCUT2D eigenvalue weighted by molar-refractivity contribution is -0.148. The number of fused-ring (bicyclic) bond motifs is 1. The van der Waals surface area contributed by atoms with Gasteiger partial charge in [-0.25, -0.2) is 9.59 Å². The van der Waals surface area contributed by atoms with Crippen molar-refractivity contribution >= 4 is 29.0 Å². The van der Waals surface area contributed by atoms with E-state index < -0.39 is 17.4 Å². The molecule has 0 aliphatic rings. The topological polar surface area (TPSA) is 61.8 Å². The highest BCUT2D eigenvalue weighted by Crippen LogP contribution is 2.23. The van der Waals surface area contributed by atoms with E-state index in [1.165, 1.54) is 6.08 Å². The Balaban J connectivity index is 2.11. The molecule has 0 spiro atoms. The molecule has 0 atom stereocenters. The molecule has 0 unspecified atom stereocenters. The number of hydrogen-bond donors (Lipinski definition) is 0.